The highest BCUT2D eigenvalue weighted by Gasteiger charge is 2.34. The zero-order chi connectivity index (χ0) is 17.7. The lowest BCUT2D eigenvalue weighted by molar-refractivity contribution is -0.154. The summed E-state index contributed by atoms with van der Waals surface area (Å²) in [5, 5.41) is 2.89. The topological polar surface area (TPSA) is 79.0 Å². The molecule has 2 aliphatic heterocycles. The largest absolute Gasteiger partial charge is 0.452 e. The molecule has 7 nitrogen and oxygen atoms in total. The second-order valence-electron chi connectivity index (χ2n) is 6.86. The Morgan fingerprint density at radius 3 is 2.50 bits per heavy atom. The summed E-state index contributed by atoms with van der Waals surface area (Å²) < 4.78 is 4.95. The van der Waals surface area contributed by atoms with Crippen molar-refractivity contribution in [2.45, 2.75) is 64.6 Å². The molecule has 0 aromatic rings. The molecule has 2 fully saturated rings. The molecular weight excluding hydrogens is 310 g/mol. The standard InChI is InChI=1S/C17H29N3O4/c1-12-5-4-6-13(2)20(12)10-8-18-16(22)11-19-9-7-15(17(19)23)24-14(3)21/h12-13,15H,4-11H2,1-3H3,(H,18,22)/t12-,13+,15-/m1/s1. The molecule has 2 saturated heterocycles. The highest BCUT2D eigenvalue weighted by atomic mass is 16.5. The minimum atomic E-state index is -0.731. The average Bonchev–Trinajstić information content (AvgIpc) is 2.83. The number of hydrogen-bond donors (Lipinski definition) is 1. The van der Waals surface area contributed by atoms with Crippen molar-refractivity contribution < 1.29 is 19.1 Å². The van der Waals surface area contributed by atoms with E-state index in [1.165, 1.54) is 31.1 Å². The molecule has 0 bridgehead atoms. The summed E-state index contributed by atoms with van der Waals surface area (Å²) in [6.07, 6.45) is 3.40. The van der Waals surface area contributed by atoms with Crippen molar-refractivity contribution in [3.63, 3.8) is 0 Å². The van der Waals surface area contributed by atoms with E-state index in [0.717, 1.165) is 6.54 Å². The monoisotopic (exact) mass is 339 g/mol. The SMILES string of the molecule is CC(=O)O[C@@H]1CCN(CC(=O)NCCN2[C@H](C)CCC[C@@H]2C)C1=O. The van der Waals surface area contributed by atoms with E-state index >= 15 is 0 Å². The summed E-state index contributed by atoms with van der Waals surface area (Å²) in [6, 6.07) is 1.10. The van der Waals surface area contributed by atoms with Gasteiger partial charge >= 0.3 is 5.97 Å². The maximum atomic E-state index is 12.0. The van der Waals surface area contributed by atoms with E-state index < -0.39 is 12.1 Å². The van der Waals surface area contributed by atoms with Crippen LogP contribution in [0, 0.1) is 0 Å². The van der Waals surface area contributed by atoms with Crippen LogP contribution in [0.5, 0.6) is 0 Å². The number of hydrogen-bond acceptors (Lipinski definition) is 5. The predicted molar refractivity (Wildman–Crippen MR) is 89.2 cm³/mol. The van der Waals surface area contributed by atoms with Crippen LogP contribution in [0.15, 0.2) is 0 Å². The third kappa shape index (κ3) is 4.93. The first-order chi connectivity index (χ1) is 11.4. The van der Waals surface area contributed by atoms with E-state index in [0.29, 0.717) is 31.6 Å². The summed E-state index contributed by atoms with van der Waals surface area (Å²) in [5.74, 6) is -0.910. The number of carbonyl (C=O) groups is 3. The Labute approximate surface area is 143 Å². The number of piperidine rings is 1. The van der Waals surface area contributed by atoms with Crippen molar-refractivity contribution in [3.8, 4) is 0 Å². The van der Waals surface area contributed by atoms with Crippen molar-refractivity contribution in [3.05, 3.63) is 0 Å². The van der Waals surface area contributed by atoms with Gasteiger partial charge in [0.1, 0.15) is 0 Å². The van der Waals surface area contributed by atoms with Crippen LogP contribution < -0.4 is 5.32 Å². The van der Waals surface area contributed by atoms with Crippen LogP contribution in [0.3, 0.4) is 0 Å². The summed E-state index contributed by atoms with van der Waals surface area (Å²) in [4.78, 5) is 38.9. The molecule has 2 amide bonds. The molecule has 2 aliphatic rings. The van der Waals surface area contributed by atoms with Gasteiger partial charge in [0.2, 0.25) is 5.91 Å². The van der Waals surface area contributed by atoms with Crippen LogP contribution >= 0.6 is 0 Å². The number of rotatable bonds is 6. The second-order valence-corrected chi connectivity index (χ2v) is 6.86. The Morgan fingerprint density at radius 1 is 1.21 bits per heavy atom. The third-order valence-electron chi connectivity index (χ3n) is 4.96. The fourth-order valence-electron chi connectivity index (χ4n) is 3.65. The van der Waals surface area contributed by atoms with Gasteiger partial charge in [-0.2, -0.15) is 0 Å². The van der Waals surface area contributed by atoms with Gasteiger partial charge in [0.15, 0.2) is 6.10 Å². The number of amides is 2. The molecule has 0 aromatic carbocycles. The molecule has 0 aliphatic carbocycles. The smallest absolute Gasteiger partial charge is 0.303 e. The quantitative estimate of drug-likeness (QED) is 0.714. The third-order valence-corrected chi connectivity index (χ3v) is 4.96. The number of likely N-dealkylation sites (tertiary alicyclic amines) is 2. The van der Waals surface area contributed by atoms with Crippen LogP contribution in [0.25, 0.3) is 0 Å². The minimum Gasteiger partial charge on any atom is -0.452 e. The molecule has 0 unspecified atom stereocenters. The fourth-order valence-corrected chi connectivity index (χ4v) is 3.65. The molecule has 0 spiro atoms. The zero-order valence-corrected chi connectivity index (χ0v) is 14.9. The molecule has 7 heteroatoms. The summed E-state index contributed by atoms with van der Waals surface area (Å²) in [6.45, 7) is 7.64. The first-order valence-corrected chi connectivity index (χ1v) is 8.87. The van der Waals surface area contributed by atoms with E-state index in [2.05, 4.69) is 24.1 Å². The Balaban J connectivity index is 1.70. The Kier molecular flexibility index (Phi) is 6.60. The number of esters is 1. The van der Waals surface area contributed by atoms with E-state index in [9.17, 15) is 14.4 Å². The van der Waals surface area contributed by atoms with Gasteiger partial charge in [0, 0.05) is 45.1 Å². The van der Waals surface area contributed by atoms with Gasteiger partial charge in [-0.05, 0) is 26.7 Å². The van der Waals surface area contributed by atoms with Crippen molar-refractivity contribution in [1.29, 1.82) is 0 Å². The van der Waals surface area contributed by atoms with Crippen LogP contribution in [0.1, 0.15) is 46.5 Å². The molecule has 0 saturated carbocycles. The molecular formula is C17H29N3O4. The lowest BCUT2D eigenvalue weighted by atomic mass is 9.98. The van der Waals surface area contributed by atoms with Gasteiger partial charge in [0.05, 0.1) is 6.54 Å². The van der Waals surface area contributed by atoms with Gasteiger partial charge < -0.3 is 15.0 Å². The van der Waals surface area contributed by atoms with Crippen LogP contribution in [-0.4, -0.2) is 72.0 Å². The highest BCUT2D eigenvalue weighted by Crippen LogP contribution is 2.21. The molecule has 2 heterocycles. The first kappa shape index (κ1) is 18.7. The molecule has 1 N–H and O–H groups in total. The molecule has 2 rings (SSSR count). The Morgan fingerprint density at radius 2 is 1.88 bits per heavy atom. The van der Waals surface area contributed by atoms with Crippen molar-refractivity contribution in [1.82, 2.24) is 15.1 Å². The highest BCUT2D eigenvalue weighted by molar-refractivity contribution is 5.89. The van der Waals surface area contributed by atoms with Gasteiger partial charge in [-0.1, -0.05) is 6.42 Å². The van der Waals surface area contributed by atoms with Crippen molar-refractivity contribution in [2.75, 3.05) is 26.2 Å². The van der Waals surface area contributed by atoms with Gasteiger partial charge in [-0.15, -0.1) is 0 Å². The number of carbonyl (C=O) groups excluding carboxylic acids is 3. The van der Waals surface area contributed by atoms with Gasteiger partial charge in [-0.3, -0.25) is 19.3 Å². The first-order valence-electron chi connectivity index (χ1n) is 8.87. The van der Waals surface area contributed by atoms with E-state index in [1.54, 1.807) is 0 Å². The predicted octanol–water partition coefficient (Wildman–Crippen LogP) is 0.530. The number of nitrogens with zero attached hydrogens (tertiary/aromatic N) is 2. The molecule has 0 radical (unpaired) electrons. The number of nitrogens with one attached hydrogen (secondary N) is 1. The molecule has 3 atom stereocenters. The minimum absolute atomic E-state index is 0.0295. The van der Waals surface area contributed by atoms with Gasteiger partial charge in [0.25, 0.3) is 5.91 Å². The van der Waals surface area contributed by atoms with Crippen molar-refractivity contribution >= 4 is 17.8 Å². The van der Waals surface area contributed by atoms with Crippen LogP contribution in [-0.2, 0) is 19.1 Å². The summed E-state index contributed by atoms with van der Waals surface area (Å²) >= 11 is 0. The van der Waals surface area contributed by atoms with Crippen molar-refractivity contribution in [2.24, 2.45) is 0 Å². The maximum absolute atomic E-state index is 12.0. The maximum Gasteiger partial charge on any atom is 0.303 e. The Bertz CT molecular complexity index is 472. The molecule has 24 heavy (non-hydrogen) atoms. The van der Waals surface area contributed by atoms with Crippen LogP contribution in [0.4, 0.5) is 0 Å². The lowest BCUT2D eigenvalue weighted by Gasteiger charge is -2.39. The lowest BCUT2D eigenvalue weighted by Crippen LogP contribution is -2.48. The molecule has 0 aromatic heterocycles. The summed E-state index contributed by atoms with van der Waals surface area (Å²) in [5.41, 5.74) is 0. The average molecular weight is 339 g/mol. The Hall–Kier alpha value is -1.63. The zero-order valence-electron chi connectivity index (χ0n) is 14.9. The summed E-state index contributed by atoms with van der Waals surface area (Å²) in [7, 11) is 0. The normalized spacial score (nSPS) is 28.0. The fraction of sp³-hybridized carbons (Fsp3) is 0.824. The van der Waals surface area contributed by atoms with E-state index in [4.69, 9.17) is 4.74 Å². The van der Waals surface area contributed by atoms with Crippen LogP contribution in [0.2, 0.25) is 0 Å². The van der Waals surface area contributed by atoms with E-state index in [-0.39, 0.29) is 18.4 Å². The van der Waals surface area contributed by atoms with Gasteiger partial charge in [-0.25, -0.2) is 0 Å². The molecule has 136 valence electrons. The second kappa shape index (κ2) is 8.46. The number of ether oxygens (including phenoxy) is 1. The van der Waals surface area contributed by atoms with E-state index in [1.807, 2.05) is 0 Å².